The van der Waals surface area contributed by atoms with Gasteiger partial charge in [0.1, 0.15) is 5.75 Å². The Morgan fingerprint density at radius 1 is 0.821 bits per heavy atom. The highest BCUT2D eigenvalue weighted by molar-refractivity contribution is 7.93. The molecule has 3 aromatic carbocycles. The van der Waals surface area contributed by atoms with Crippen LogP contribution in [0.1, 0.15) is 5.56 Å². The van der Waals surface area contributed by atoms with Gasteiger partial charge in [-0.05, 0) is 55.0 Å². The molecular weight excluding hydrogens is 400 g/mol. The Labute approximate surface area is 163 Å². The molecule has 0 spiro atoms. The van der Waals surface area contributed by atoms with Crippen molar-refractivity contribution in [3.8, 4) is 11.5 Å². The molecule has 0 radical (unpaired) electrons. The average Bonchev–Trinajstić information content (AvgIpc) is 2.63. The Morgan fingerprint density at radius 3 is 2.21 bits per heavy atom. The fourth-order valence-corrected chi connectivity index (χ4v) is 4.22. The van der Waals surface area contributed by atoms with Gasteiger partial charge in [0, 0.05) is 0 Å². The second-order valence-corrected chi connectivity index (χ2v) is 9.28. The van der Waals surface area contributed by atoms with Crippen molar-refractivity contribution in [2.75, 3.05) is 4.72 Å². The van der Waals surface area contributed by atoms with Crippen LogP contribution in [0.15, 0.2) is 82.6 Å². The minimum Gasteiger partial charge on any atom is -0.455 e. The molecule has 0 aromatic heterocycles. The Bertz CT molecular complexity index is 1220. The fraction of sp³-hybridized carbons (Fsp3) is 0.0526. The maximum absolute atomic E-state index is 12.7. The predicted molar refractivity (Wildman–Crippen MR) is 106 cm³/mol. The topological polar surface area (TPSA) is 116 Å². The van der Waals surface area contributed by atoms with Crippen LogP contribution in [0.2, 0.25) is 0 Å². The summed E-state index contributed by atoms with van der Waals surface area (Å²) in [4.78, 5) is -0.524. The number of primary sulfonamides is 1. The molecule has 0 saturated heterocycles. The maximum atomic E-state index is 12.7. The van der Waals surface area contributed by atoms with E-state index in [9.17, 15) is 16.8 Å². The molecule has 0 atom stereocenters. The van der Waals surface area contributed by atoms with E-state index in [1.807, 2.05) is 25.1 Å². The lowest BCUT2D eigenvalue weighted by atomic mass is 10.2. The molecule has 3 aromatic rings. The van der Waals surface area contributed by atoms with E-state index in [-0.39, 0.29) is 15.5 Å². The summed E-state index contributed by atoms with van der Waals surface area (Å²) in [5.41, 5.74) is 1.21. The molecule has 0 fully saturated rings. The molecule has 0 heterocycles. The van der Waals surface area contributed by atoms with Gasteiger partial charge in [0.15, 0.2) is 5.75 Å². The first-order valence-electron chi connectivity index (χ1n) is 8.14. The number of nitrogens with two attached hydrogens (primary N) is 1. The molecule has 3 N–H and O–H groups in total. The standard InChI is InChI=1S/C19H18N2O5S2/c1-14-6-4-7-15(12-14)26-19-11-3-2-10-18(19)21-28(24,25)17-9-5-8-16(13-17)27(20,22)23/h2-13,21H,1H3,(H2,20,22,23). The van der Waals surface area contributed by atoms with Crippen LogP contribution in [0.25, 0.3) is 0 Å². The minimum atomic E-state index is -4.07. The number of benzene rings is 3. The Morgan fingerprint density at radius 2 is 1.50 bits per heavy atom. The highest BCUT2D eigenvalue weighted by Gasteiger charge is 2.19. The predicted octanol–water partition coefficient (Wildman–Crippen LogP) is 3.24. The third kappa shape index (κ3) is 4.69. The van der Waals surface area contributed by atoms with E-state index in [0.29, 0.717) is 11.5 Å². The third-order valence-electron chi connectivity index (χ3n) is 3.79. The van der Waals surface area contributed by atoms with Gasteiger partial charge >= 0.3 is 0 Å². The zero-order valence-corrected chi connectivity index (χ0v) is 16.5. The molecule has 3 rings (SSSR count). The zero-order chi connectivity index (χ0) is 20.4. The Hall–Kier alpha value is -2.88. The molecular formula is C19H18N2O5S2. The Kier molecular flexibility index (Phi) is 5.41. The first-order valence-corrected chi connectivity index (χ1v) is 11.2. The van der Waals surface area contributed by atoms with Crippen molar-refractivity contribution >= 4 is 25.7 Å². The van der Waals surface area contributed by atoms with E-state index in [2.05, 4.69) is 4.72 Å². The number of para-hydroxylation sites is 2. The molecule has 28 heavy (non-hydrogen) atoms. The van der Waals surface area contributed by atoms with Crippen LogP contribution in [0, 0.1) is 6.92 Å². The first kappa shape index (κ1) is 19.9. The third-order valence-corrected chi connectivity index (χ3v) is 6.07. The van der Waals surface area contributed by atoms with Gasteiger partial charge < -0.3 is 4.74 Å². The van der Waals surface area contributed by atoms with Gasteiger partial charge in [-0.15, -0.1) is 0 Å². The van der Waals surface area contributed by atoms with Crippen molar-refractivity contribution in [1.29, 1.82) is 0 Å². The van der Waals surface area contributed by atoms with E-state index in [4.69, 9.17) is 9.88 Å². The number of hydrogen-bond acceptors (Lipinski definition) is 5. The summed E-state index contributed by atoms with van der Waals surface area (Å²) in [7, 11) is -8.10. The summed E-state index contributed by atoms with van der Waals surface area (Å²) < 4.78 is 56.7. The zero-order valence-electron chi connectivity index (χ0n) is 14.9. The van der Waals surface area contributed by atoms with E-state index in [0.717, 1.165) is 11.6 Å². The molecule has 0 saturated carbocycles. The lowest BCUT2D eigenvalue weighted by Gasteiger charge is -2.14. The summed E-state index contributed by atoms with van der Waals surface area (Å²) in [6.07, 6.45) is 0. The molecule has 0 aliphatic heterocycles. The van der Waals surface area contributed by atoms with Crippen molar-refractivity contribution in [2.24, 2.45) is 5.14 Å². The van der Waals surface area contributed by atoms with Gasteiger partial charge in [-0.1, -0.05) is 30.3 Å². The fourth-order valence-electron chi connectivity index (χ4n) is 2.47. The number of nitrogens with one attached hydrogen (secondary N) is 1. The largest absolute Gasteiger partial charge is 0.455 e. The highest BCUT2D eigenvalue weighted by atomic mass is 32.2. The molecule has 0 amide bonds. The number of anilines is 1. The smallest absolute Gasteiger partial charge is 0.262 e. The Balaban J connectivity index is 1.93. The molecule has 0 aliphatic carbocycles. The minimum absolute atomic E-state index is 0.213. The lowest BCUT2D eigenvalue weighted by Crippen LogP contribution is -2.16. The summed E-state index contributed by atoms with van der Waals surface area (Å²) in [6, 6.07) is 18.7. The number of aryl methyl sites for hydroxylation is 1. The van der Waals surface area contributed by atoms with Crippen LogP contribution in [0.3, 0.4) is 0 Å². The van der Waals surface area contributed by atoms with Gasteiger partial charge in [-0.25, -0.2) is 22.0 Å². The van der Waals surface area contributed by atoms with E-state index in [1.54, 1.807) is 30.3 Å². The molecule has 7 nitrogen and oxygen atoms in total. The van der Waals surface area contributed by atoms with Crippen LogP contribution in [0.5, 0.6) is 11.5 Å². The van der Waals surface area contributed by atoms with E-state index < -0.39 is 20.0 Å². The number of rotatable bonds is 6. The summed E-state index contributed by atoms with van der Waals surface area (Å²) >= 11 is 0. The second kappa shape index (κ2) is 7.63. The van der Waals surface area contributed by atoms with Crippen LogP contribution in [-0.4, -0.2) is 16.8 Å². The van der Waals surface area contributed by atoms with Crippen molar-refractivity contribution in [3.63, 3.8) is 0 Å². The molecule has 0 aliphatic rings. The number of ether oxygens (including phenoxy) is 1. The summed E-state index contributed by atoms with van der Waals surface area (Å²) in [6.45, 7) is 1.92. The van der Waals surface area contributed by atoms with Gasteiger partial charge in [-0.2, -0.15) is 0 Å². The molecule has 9 heteroatoms. The normalized spacial score (nSPS) is 11.8. The van der Waals surface area contributed by atoms with Crippen molar-refractivity contribution < 1.29 is 21.6 Å². The van der Waals surface area contributed by atoms with Gasteiger partial charge in [0.25, 0.3) is 10.0 Å². The van der Waals surface area contributed by atoms with Gasteiger partial charge in [0.05, 0.1) is 15.5 Å². The summed E-state index contributed by atoms with van der Waals surface area (Å²) in [5, 5.41) is 5.08. The van der Waals surface area contributed by atoms with Gasteiger partial charge in [-0.3, -0.25) is 4.72 Å². The molecule has 0 unspecified atom stereocenters. The molecule has 0 bridgehead atoms. The second-order valence-electron chi connectivity index (χ2n) is 6.04. The van der Waals surface area contributed by atoms with Crippen molar-refractivity contribution in [1.82, 2.24) is 0 Å². The van der Waals surface area contributed by atoms with Gasteiger partial charge in [0.2, 0.25) is 10.0 Å². The van der Waals surface area contributed by atoms with Crippen LogP contribution < -0.4 is 14.6 Å². The number of hydrogen-bond donors (Lipinski definition) is 2. The van der Waals surface area contributed by atoms with Crippen molar-refractivity contribution in [2.45, 2.75) is 16.7 Å². The van der Waals surface area contributed by atoms with E-state index >= 15 is 0 Å². The van der Waals surface area contributed by atoms with Crippen LogP contribution in [0.4, 0.5) is 5.69 Å². The molecule has 146 valence electrons. The first-order chi connectivity index (χ1) is 13.1. The maximum Gasteiger partial charge on any atom is 0.262 e. The highest BCUT2D eigenvalue weighted by Crippen LogP contribution is 2.31. The van der Waals surface area contributed by atoms with E-state index in [1.165, 1.54) is 18.2 Å². The summed E-state index contributed by atoms with van der Waals surface area (Å²) in [5.74, 6) is 0.863. The van der Waals surface area contributed by atoms with Crippen LogP contribution in [-0.2, 0) is 20.0 Å². The monoisotopic (exact) mass is 418 g/mol. The SMILES string of the molecule is Cc1cccc(Oc2ccccc2NS(=O)(=O)c2cccc(S(N)(=O)=O)c2)c1. The lowest BCUT2D eigenvalue weighted by molar-refractivity contribution is 0.484. The number of sulfonamides is 2. The van der Waals surface area contributed by atoms with Crippen LogP contribution >= 0.6 is 0 Å². The quantitative estimate of drug-likeness (QED) is 0.638. The van der Waals surface area contributed by atoms with Crippen molar-refractivity contribution in [3.05, 3.63) is 78.4 Å². The average molecular weight is 418 g/mol.